The lowest BCUT2D eigenvalue weighted by atomic mass is 9.96. The average molecular weight is 811 g/mol. The van der Waals surface area contributed by atoms with Crippen molar-refractivity contribution < 1.29 is 124 Å². The van der Waals surface area contributed by atoms with Crippen LogP contribution in [0.15, 0.2) is 0 Å². The first-order chi connectivity index (χ1) is 26.1. The third kappa shape index (κ3) is 8.68. The van der Waals surface area contributed by atoms with Gasteiger partial charge in [0.25, 0.3) is 0 Å². The lowest BCUT2D eigenvalue weighted by Gasteiger charge is -2.48. The minimum atomic E-state index is -2.04. The first kappa shape index (κ1) is 43.6. The van der Waals surface area contributed by atoms with Crippen LogP contribution in [0.25, 0.3) is 0 Å². The van der Waals surface area contributed by atoms with Gasteiger partial charge in [0.2, 0.25) is 0 Å². The second-order valence-electron chi connectivity index (χ2n) is 14.2. The second-order valence-corrected chi connectivity index (χ2v) is 14.2. The summed E-state index contributed by atoms with van der Waals surface area (Å²) in [5.74, 6) is 0. The Hall–Kier alpha value is -1.00. The van der Waals surface area contributed by atoms with Crippen LogP contribution in [0.2, 0.25) is 0 Å². The number of ether oxygens (including phenoxy) is 10. The molecule has 55 heavy (non-hydrogen) atoms. The topological polar surface area (TPSA) is 396 Å². The SMILES string of the molecule is OCC1O[C@@H](OC[C@@H]2OC3OCC4O[C@H](O[C@@H]5C(O)C(OCC6O[C@H](O[C@H](C3O)C2O)[C@@H](O)C(O)[C@@H]6O)O[C@@H](CO)C5O)C(O)[C@@H](O)[C@@H]4O)C(O)[C@H](O)[C@H]1O. The maximum absolute atomic E-state index is 11.4. The van der Waals surface area contributed by atoms with Crippen molar-refractivity contribution in [2.24, 2.45) is 0 Å². The van der Waals surface area contributed by atoms with Crippen LogP contribution >= 0.6 is 0 Å². The number of fused-ring (bicyclic) bond motifs is 8. The van der Waals surface area contributed by atoms with Crippen molar-refractivity contribution in [3.05, 3.63) is 0 Å². The van der Waals surface area contributed by atoms with Crippen molar-refractivity contribution in [3.63, 3.8) is 0 Å². The van der Waals surface area contributed by atoms with Gasteiger partial charge >= 0.3 is 0 Å². The summed E-state index contributed by atoms with van der Waals surface area (Å²) in [6, 6.07) is 0. The quantitative estimate of drug-likeness (QED) is 0.123. The predicted octanol–water partition coefficient (Wildman–Crippen LogP) is -10.9. The highest BCUT2D eigenvalue weighted by molar-refractivity contribution is 4.98. The van der Waals surface area contributed by atoms with Gasteiger partial charge in [-0.25, -0.2) is 0 Å². The predicted molar refractivity (Wildman–Crippen MR) is 163 cm³/mol. The fourth-order valence-electron chi connectivity index (χ4n) is 7.11. The van der Waals surface area contributed by atoms with E-state index in [1.807, 2.05) is 0 Å². The van der Waals surface area contributed by atoms with Crippen LogP contribution in [-0.4, -0.2) is 263 Å². The highest BCUT2D eigenvalue weighted by Gasteiger charge is 2.55. The summed E-state index contributed by atoms with van der Waals surface area (Å²) in [5.41, 5.74) is 0. The maximum Gasteiger partial charge on any atom is 0.187 e. The van der Waals surface area contributed by atoms with E-state index in [9.17, 15) is 76.6 Å². The second kappa shape index (κ2) is 18.1. The summed E-state index contributed by atoms with van der Waals surface area (Å²) < 4.78 is 56.0. The Bertz CT molecular complexity index is 1220. The molecule has 0 aliphatic carbocycles. The van der Waals surface area contributed by atoms with Crippen molar-refractivity contribution in [1.82, 2.24) is 0 Å². The molecule has 0 radical (unpaired) electrons. The molecule has 25 atom stereocenters. The van der Waals surface area contributed by atoms with Crippen LogP contribution in [-0.2, 0) is 47.4 Å². The van der Waals surface area contributed by atoms with Gasteiger partial charge in [-0.1, -0.05) is 0 Å². The van der Waals surface area contributed by atoms with Gasteiger partial charge in [-0.3, -0.25) is 0 Å². The highest BCUT2D eigenvalue weighted by atomic mass is 16.8. The Labute approximate surface area is 310 Å². The molecular formula is C30H50O25. The smallest absolute Gasteiger partial charge is 0.187 e. The maximum atomic E-state index is 11.4. The molecule has 6 aliphatic heterocycles. The fraction of sp³-hybridized carbons (Fsp3) is 1.00. The van der Waals surface area contributed by atoms with E-state index in [-0.39, 0.29) is 0 Å². The molecule has 12 unspecified atom stereocenters. The number of aliphatic hydroxyl groups excluding tert-OH is 15. The molecule has 0 amide bonds. The molecule has 0 saturated carbocycles. The molecule has 0 aromatic carbocycles. The van der Waals surface area contributed by atoms with Gasteiger partial charge in [0.15, 0.2) is 31.5 Å². The molecule has 6 heterocycles. The van der Waals surface area contributed by atoms with Crippen molar-refractivity contribution >= 4 is 0 Å². The van der Waals surface area contributed by atoms with E-state index in [2.05, 4.69) is 0 Å². The third-order valence-corrected chi connectivity index (χ3v) is 10.5. The normalized spacial score (nSPS) is 55.6. The lowest BCUT2D eigenvalue weighted by Crippen LogP contribution is -2.67. The first-order valence-corrected chi connectivity index (χ1v) is 17.6. The summed E-state index contributed by atoms with van der Waals surface area (Å²) in [6.45, 7) is -3.90. The van der Waals surface area contributed by atoms with Gasteiger partial charge < -0.3 is 124 Å². The Morgan fingerprint density at radius 2 is 0.782 bits per heavy atom. The van der Waals surface area contributed by atoms with Crippen LogP contribution in [0.1, 0.15) is 0 Å². The minimum Gasteiger partial charge on any atom is -0.394 e. The van der Waals surface area contributed by atoms with Crippen molar-refractivity contribution in [1.29, 1.82) is 0 Å². The van der Waals surface area contributed by atoms with E-state index >= 15 is 0 Å². The van der Waals surface area contributed by atoms with E-state index in [1.165, 1.54) is 0 Å². The monoisotopic (exact) mass is 810 g/mol. The molecule has 6 aliphatic rings. The highest BCUT2D eigenvalue weighted by Crippen LogP contribution is 2.34. The van der Waals surface area contributed by atoms with Gasteiger partial charge in [0, 0.05) is 0 Å². The minimum absolute atomic E-state index is 0.742. The van der Waals surface area contributed by atoms with Crippen LogP contribution in [0.3, 0.4) is 0 Å². The van der Waals surface area contributed by atoms with Gasteiger partial charge in [0.1, 0.15) is 122 Å². The summed E-state index contributed by atoms with van der Waals surface area (Å²) in [7, 11) is 0. The number of hydrogen-bond donors (Lipinski definition) is 15. The molecule has 320 valence electrons. The van der Waals surface area contributed by atoms with Crippen LogP contribution in [0, 0.1) is 0 Å². The zero-order chi connectivity index (χ0) is 40.0. The van der Waals surface area contributed by atoms with E-state index in [4.69, 9.17) is 47.4 Å². The molecule has 0 aromatic rings. The van der Waals surface area contributed by atoms with Gasteiger partial charge in [0.05, 0.1) is 33.0 Å². The largest absolute Gasteiger partial charge is 0.394 e. The van der Waals surface area contributed by atoms with Crippen molar-refractivity contribution in [2.45, 2.75) is 154 Å². The van der Waals surface area contributed by atoms with E-state index in [0.717, 1.165) is 0 Å². The number of aliphatic hydroxyl groups is 15. The number of hydrogen-bond acceptors (Lipinski definition) is 25. The van der Waals surface area contributed by atoms with Crippen molar-refractivity contribution in [2.75, 3.05) is 33.0 Å². The molecule has 6 saturated heterocycles. The zero-order valence-corrected chi connectivity index (χ0v) is 28.8. The van der Waals surface area contributed by atoms with Gasteiger partial charge in [-0.05, 0) is 0 Å². The Morgan fingerprint density at radius 1 is 0.364 bits per heavy atom. The fourth-order valence-corrected chi connectivity index (χ4v) is 7.11. The third-order valence-electron chi connectivity index (χ3n) is 10.5. The lowest BCUT2D eigenvalue weighted by molar-refractivity contribution is -0.385. The Kier molecular flexibility index (Phi) is 14.3. The summed E-state index contributed by atoms with van der Waals surface area (Å²) in [4.78, 5) is 0. The van der Waals surface area contributed by atoms with Gasteiger partial charge in [-0.2, -0.15) is 0 Å². The first-order valence-electron chi connectivity index (χ1n) is 17.6. The van der Waals surface area contributed by atoms with Crippen LogP contribution in [0.5, 0.6) is 0 Å². The molecule has 0 spiro atoms. The zero-order valence-electron chi connectivity index (χ0n) is 28.8. The average Bonchev–Trinajstić information content (AvgIpc) is 3.17. The molecule has 6 rings (SSSR count). The molecule has 0 aromatic heterocycles. The van der Waals surface area contributed by atoms with Crippen LogP contribution < -0.4 is 0 Å². The molecule has 15 N–H and O–H groups in total. The Balaban J connectivity index is 1.29. The standard InChI is InChI=1S/C30H50O25/c31-1-6-11(33)16(38)19(41)26(49-6)46-5-10-15(37)25-23(45)28(51-10)48-4-9-13(35)17(39)20(42)29(52-9)54-24-14(36)7(2-32)50-27(22(24)44)47-3-8-12(34)18(40)21(43)30(53-8)55-25/h6-45H,1-5H2/t6?,7-,8?,9?,10-,11-,12+,13+,14?,15?,16+,17-,18?,19?,20?,21-,22?,23?,24-,25-,26+,27?,28?,29+,30+/m0/s1. The van der Waals surface area contributed by atoms with Gasteiger partial charge in [-0.15, -0.1) is 0 Å². The van der Waals surface area contributed by atoms with Crippen molar-refractivity contribution in [3.8, 4) is 0 Å². The van der Waals surface area contributed by atoms with Crippen LogP contribution in [0.4, 0.5) is 0 Å². The van der Waals surface area contributed by atoms with E-state index in [1.54, 1.807) is 0 Å². The Morgan fingerprint density at radius 3 is 1.25 bits per heavy atom. The van der Waals surface area contributed by atoms with E-state index < -0.39 is 187 Å². The molecule has 8 bridgehead atoms. The summed E-state index contributed by atoms with van der Waals surface area (Å²) >= 11 is 0. The summed E-state index contributed by atoms with van der Waals surface area (Å²) in [5, 5.41) is 159. The molecular weight excluding hydrogens is 760 g/mol. The summed E-state index contributed by atoms with van der Waals surface area (Å²) in [6.07, 6.45) is -45.4. The molecule has 25 nitrogen and oxygen atoms in total. The molecule has 6 fully saturated rings. The van der Waals surface area contributed by atoms with E-state index in [0.29, 0.717) is 0 Å². The molecule has 25 heteroatoms. The number of rotatable bonds is 5.